The highest BCUT2D eigenvalue weighted by Gasteiger charge is 2.19. The van der Waals surface area contributed by atoms with Crippen LogP contribution in [-0.4, -0.2) is 37.2 Å². The van der Waals surface area contributed by atoms with Crippen LogP contribution < -0.4 is 0 Å². The highest BCUT2D eigenvalue weighted by molar-refractivity contribution is 5.71. The Morgan fingerprint density at radius 3 is 0.625 bits per heavy atom. The normalized spacial score (nSPS) is 11.9. The summed E-state index contributed by atoms with van der Waals surface area (Å²) in [4.78, 5) is 38.1. The van der Waals surface area contributed by atoms with Crippen molar-refractivity contribution in [3.63, 3.8) is 0 Å². The average molecular weight is 906 g/mol. The summed E-state index contributed by atoms with van der Waals surface area (Å²) in [5.41, 5.74) is 0. The molecule has 0 aliphatic carbocycles. The Labute approximate surface area is 399 Å². The largest absolute Gasteiger partial charge is 0.462 e. The van der Waals surface area contributed by atoms with Gasteiger partial charge < -0.3 is 14.2 Å². The fourth-order valence-corrected chi connectivity index (χ4v) is 8.98. The van der Waals surface area contributed by atoms with Crippen LogP contribution in [0.5, 0.6) is 0 Å². The Morgan fingerprint density at radius 1 is 0.250 bits per heavy atom. The average Bonchev–Trinajstić information content (AvgIpc) is 3.29. The van der Waals surface area contributed by atoms with E-state index < -0.39 is 6.10 Å². The molecule has 0 aromatic rings. The topological polar surface area (TPSA) is 78.9 Å². The standard InChI is InChI=1S/C58H112O6/c1-4-7-10-13-16-19-22-25-27-28-29-31-34-37-40-43-46-49-52-58(61)64-55(53-62-56(59)50-47-44-41-38-35-32-24-21-18-15-12-9-6-3)54-63-57(60)51-48-45-42-39-36-33-30-26-23-20-17-14-11-8-5-2/h55H,4-54H2,1-3H3/t55-/m1/s1. The summed E-state index contributed by atoms with van der Waals surface area (Å²) in [6, 6.07) is 0. The van der Waals surface area contributed by atoms with Gasteiger partial charge in [-0.05, 0) is 19.3 Å². The van der Waals surface area contributed by atoms with Gasteiger partial charge in [-0.1, -0.05) is 297 Å². The fraction of sp³-hybridized carbons (Fsp3) is 0.948. The van der Waals surface area contributed by atoms with Crippen molar-refractivity contribution in [2.45, 2.75) is 341 Å². The summed E-state index contributed by atoms with van der Waals surface area (Å²) in [7, 11) is 0. The zero-order chi connectivity index (χ0) is 46.5. The molecule has 0 bridgehead atoms. The number of hydrogen-bond donors (Lipinski definition) is 0. The van der Waals surface area contributed by atoms with E-state index in [0.29, 0.717) is 19.3 Å². The molecule has 0 N–H and O–H groups in total. The first-order chi connectivity index (χ1) is 31.5. The molecule has 0 aliphatic rings. The minimum Gasteiger partial charge on any atom is -0.462 e. The van der Waals surface area contributed by atoms with Crippen LogP contribution in [0.15, 0.2) is 0 Å². The van der Waals surface area contributed by atoms with E-state index in [2.05, 4.69) is 20.8 Å². The van der Waals surface area contributed by atoms with E-state index in [0.717, 1.165) is 57.8 Å². The number of rotatable bonds is 54. The number of carbonyl (C=O) groups is 3. The molecule has 0 aliphatic heterocycles. The van der Waals surface area contributed by atoms with E-state index in [1.54, 1.807) is 0 Å². The Hall–Kier alpha value is -1.59. The molecule has 6 heteroatoms. The minimum absolute atomic E-state index is 0.0611. The summed E-state index contributed by atoms with van der Waals surface area (Å²) in [6.45, 7) is 6.71. The number of ether oxygens (including phenoxy) is 3. The van der Waals surface area contributed by atoms with Crippen molar-refractivity contribution in [3.05, 3.63) is 0 Å². The van der Waals surface area contributed by atoms with Crippen LogP contribution in [0.1, 0.15) is 335 Å². The molecule has 1 atom stereocenters. The lowest BCUT2D eigenvalue weighted by Gasteiger charge is -2.18. The van der Waals surface area contributed by atoms with E-state index in [4.69, 9.17) is 14.2 Å². The molecule has 0 radical (unpaired) electrons. The second-order valence-corrected chi connectivity index (χ2v) is 19.9. The van der Waals surface area contributed by atoms with Crippen molar-refractivity contribution in [1.29, 1.82) is 0 Å². The van der Waals surface area contributed by atoms with Gasteiger partial charge in [0.2, 0.25) is 0 Å². The SMILES string of the molecule is CCCCCCCCCCCCCCCCCCCCC(=O)O[C@H](COC(=O)CCCCCCCCCCCCCCC)COC(=O)CCCCCCCCCCCCCCCCC. The molecular formula is C58H112O6. The first-order valence-corrected chi connectivity index (χ1v) is 29.0. The van der Waals surface area contributed by atoms with Crippen LogP contribution >= 0.6 is 0 Å². The molecule has 0 heterocycles. The van der Waals surface area contributed by atoms with Crippen LogP contribution in [0, 0.1) is 0 Å². The predicted octanol–water partition coefficient (Wildman–Crippen LogP) is 19.2. The van der Waals surface area contributed by atoms with Crippen molar-refractivity contribution in [3.8, 4) is 0 Å². The minimum atomic E-state index is -0.761. The second-order valence-electron chi connectivity index (χ2n) is 19.9. The monoisotopic (exact) mass is 905 g/mol. The van der Waals surface area contributed by atoms with Crippen LogP contribution in [0.3, 0.4) is 0 Å². The molecule has 0 saturated heterocycles. The summed E-state index contributed by atoms with van der Waals surface area (Å²) in [5, 5.41) is 0. The van der Waals surface area contributed by atoms with Crippen LogP contribution in [0.25, 0.3) is 0 Å². The van der Waals surface area contributed by atoms with E-state index >= 15 is 0 Å². The lowest BCUT2D eigenvalue weighted by Crippen LogP contribution is -2.30. The molecule has 6 nitrogen and oxygen atoms in total. The molecular weight excluding hydrogens is 793 g/mol. The smallest absolute Gasteiger partial charge is 0.306 e. The molecule has 0 amide bonds. The first kappa shape index (κ1) is 62.4. The third kappa shape index (κ3) is 51.4. The van der Waals surface area contributed by atoms with Gasteiger partial charge in [0.1, 0.15) is 13.2 Å². The first-order valence-electron chi connectivity index (χ1n) is 29.0. The van der Waals surface area contributed by atoms with Crippen molar-refractivity contribution in [1.82, 2.24) is 0 Å². The molecule has 0 unspecified atom stereocenters. The molecule has 0 fully saturated rings. The van der Waals surface area contributed by atoms with Gasteiger partial charge in [0.05, 0.1) is 0 Å². The van der Waals surface area contributed by atoms with Crippen LogP contribution in [0.4, 0.5) is 0 Å². The van der Waals surface area contributed by atoms with E-state index in [9.17, 15) is 14.4 Å². The third-order valence-corrected chi connectivity index (χ3v) is 13.4. The van der Waals surface area contributed by atoms with Gasteiger partial charge in [-0.25, -0.2) is 0 Å². The quantitative estimate of drug-likeness (QED) is 0.0344. The number of esters is 3. The second kappa shape index (κ2) is 54.0. The molecule has 0 rings (SSSR count). The molecule has 0 spiro atoms. The maximum absolute atomic E-state index is 12.8. The third-order valence-electron chi connectivity index (χ3n) is 13.4. The van der Waals surface area contributed by atoms with Crippen molar-refractivity contribution < 1.29 is 28.6 Å². The zero-order valence-electron chi connectivity index (χ0n) is 43.6. The molecule has 380 valence electrons. The van der Waals surface area contributed by atoms with Gasteiger partial charge in [-0.15, -0.1) is 0 Å². The lowest BCUT2D eigenvalue weighted by molar-refractivity contribution is -0.167. The van der Waals surface area contributed by atoms with E-state index in [1.807, 2.05) is 0 Å². The number of hydrogen-bond acceptors (Lipinski definition) is 6. The van der Waals surface area contributed by atoms with Gasteiger partial charge in [-0.3, -0.25) is 14.4 Å². The van der Waals surface area contributed by atoms with Crippen molar-refractivity contribution in [2.75, 3.05) is 13.2 Å². The van der Waals surface area contributed by atoms with Crippen LogP contribution in [-0.2, 0) is 28.6 Å². The van der Waals surface area contributed by atoms with E-state index in [-0.39, 0.29) is 31.1 Å². The summed E-state index contributed by atoms with van der Waals surface area (Å²) in [5.74, 6) is -0.832. The summed E-state index contributed by atoms with van der Waals surface area (Å²) in [6.07, 6.45) is 59.5. The molecule has 64 heavy (non-hydrogen) atoms. The summed E-state index contributed by atoms with van der Waals surface area (Å²) >= 11 is 0. The summed E-state index contributed by atoms with van der Waals surface area (Å²) < 4.78 is 16.9. The maximum atomic E-state index is 12.8. The Kier molecular flexibility index (Phi) is 52.7. The maximum Gasteiger partial charge on any atom is 0.306 e. The van der Waals surface area contributed by atoms with Gasteiger partial charge in [0.25, 0.3) is 0 Å². The number of unbranched alkanes of at least 4 members (excludes halogenated alkanes) is 43. The van der Waals surface area contributed by atoms with Gasteiger partial charge in [-0.2, -0.15) is 0 Å². The van der Waals surface area contributed by atoms with Crippen LogP contribution in [0.2, 0.25) is 0 Å². The zero-order valence-corrected chi connectivity index (χ0v) is 43.6. The molecule has 0 aromatic carbocycles. The Morgan fingerprint density at radius 2 is 0.422 bits per heavy atom. The molecule has 0 saturated carbocycles. The molecule has 0 aromatic heterocycles. The van der Waals surface area contributed by atoms with Gasteiger partial charge in [0.15, 0.2) is 6.10 Å². The highest BCUT2D eigenvalue weighted by atomic mass is 16.6. The number of carbonyl (C=O) groups excluding carboxylic acids is 3. The predicted molar refractivity (Wildman–Crippen MR) is 275 cm³/mol. The Bertz CT molecular complexity index is 951. The van der Waals surface area contributed by atoms with Crippen molar-refractivity contribution in [2.24, 2.45) is 0 Å². The van der Waals surface area contributed by atoms with E-state index in [1.165, 1.54) is 238 Å². The Balaban J connectivity index is 4.28. The lowest BCUT2D eigenvalue weighted by atomic mass is 10.0. The highest BCUT2D eigenvalue weighted by Crippen LogP contribution is 2.18. The van der Waals surface area contributed by atoms with Gasteiger partial charge in [0, 0.05) is 19.3 Å². The van der Waals surface area contributed by atoms with Gasteiger partial charge >= 0.3 is 17.9 Å². The fourth-order valence-electron chi connectivity index (χ4n) is 8.98. The van der Waals surface area contributed by atoms with Crippen molar-refractivity contribution >= 4 is 17.9 Å².